The maximum atomic E-state index is 11.8. The molecule has 3 heteroatoms. The Morgan fingerprint density at radius 3 is 1.73 bits per heavy atom. The van der Waals surface area contributed by atoms with Gasteiger partial charge < -0.3 is 9.47 Å². The van der Waals surface area contributed by atoms with Crippen LogP contribution >= 0.6 is 0 Å². The van der Waals surface area contributed by atoms with Crippen LogP contribution in [0.15, 0.2) is 104 Å². The summed E-state index contributed by atoms with van der Waals surface area (Å²) in [5.41, 5.74) is 0.821. The highest BCUT2D eigenvalue weighted by molar-refractivity contribution is 5.81. The van der Waals surface area contributed by atoms with Crippen molar-refractivity contribution in [2.45, 2.75) is 5.60 Å². The zero-order valence-corrected chi connectivity index (χ0v) is 14.4. The lowest BCUT2D eigenvalue weighted by Crippen LogP contribution is -2.40. The van der Waals surface area contributed by atoms with Crippen molar-refractivity contribution in [3.8, 4) is 5.75 Å². The fourth-order valence-corrected chi connectivity index (χ4v) is 2.82. The van der Waals surface area contributed by atoms with Gasteiger partial charge in [0.05, 0.1) is 0 Å². The molecule has 3 rings (SSSR count). The van der Waals surface area contributed by atoms with Gasteiger partial charge in [-0.3, -0.25) is 0 Å². The number of benzene rings is 3. The smallest absolute Gasteiger partial charge is 0.330 e. The summed E-state index contributed by atoms with van der Waals surface area (Å²) in [6.45, 7) is 3.50. The number of esters is 1. The van der Waals surface area contributed by atoms with Crippen molar-refractivity contribution >= 4 is 5.97 Å². The molecule has 0 bridgehead atoms. The fraction of sp³-hybridized carbons (Fsp3) is 0.0870. The summed E-state index contributed by atoms with van der Waals surface area (Å²) < 4.78 is 11.9. The summed E-state index contributed by atoms with van der Waals surface area (Å²) in [6.07, 6.45) is 1.16. The molecule has 26 heavy (non-hydrogen) atoms. The molecule has 0 fully saturated rings. The maximum absolute atomic E-state index is 11.8. The van der Waals surface area contributed by atoms with Gasteiger partial charge in [-0.25, -0.2) is 4.79 Å². The van der Waals surface area contributed by atoms with Gasteiger partial charge in [0.15, 0.2) is 5.60 Å². The predicted molar refractivity (Wildman–Crippen MR) is 102 cm³/mol. The lowest BCUT2D eigenvalue weighted by Gasteiger charge is -2.35. The Kier molecular flexibility index (Phi) is 5.49. The highest BCUT2D eigenvalue weighted by atomic mass is 16.6. The van der Waals surface area contributed by atoms with Crippen LogP contribution in [0.5, 0.6) is 5.75 Å². The third kappa shape index (κ3) is 3.83. The van der Waals surface area contributed by atoms with Crippen molar-refractivity contribution in [3.63, 3.8) is 0 Å². The van der Waals surface area contributed by atoms with E-state index < -0.39 is 11.6 Å². The van der Waals surface area contributed by atoms with Gasteiger partial charge in [0.2, 0.25) is 0 Å². The second kappa shape index (κ2) is 8.17. The molecule has 3 aromatic rings. The van der Waals surface area contributed by atoms with Crippen molar-refractivity contribution in [1.82, 2.24) is 0 Å². The van der Waals surface area contributed by atoms with Crippen LogP contribution in [-0.4, -0.2) is 12.6 Å². The Morgan fingerprint density at radius 2 is 1.27 bits per heavy atom. The topological polar surface area (TPSA) is 35.5 Å². The number of ether oxygens (including phenoxy) is 2. The van der Waals surface area contributed by atoms with Gasteiger partial charge >= 0.3 is 5.97 Å². The van der Waals surface area contributed by atoms with E-state index in [1.165, 1.54) is 0 Å². The predicted octanol–water partition coefficient (Wildman–Crippen LogP) is 4.74. The van der Waals surface area contributed by atoms with Crippen molar-refractivity contribution in [2.75, 3.05) is 6.61 Å². The first kappa shape index (κ1) is 17.5. The largest absolute Gasteiger partial charge is 0.474 e. The summed E-state index contributed by atoms with van der Waals surface area (Å²) in [4.78, 5) is 11.8. The molecule has 130 valence electrons. The van der Waals surface area contributed by atoms with E-state index in [0.29, 0.717) is 5.75 Å². The molecule has 0 aliphatic heterocycles. The Morgan fingerprint density at radius 1 is 0.808 bits per heavy atom. The monoisotopic (exact) mass is 344 g/mol. The minimum absolute atomic E-state index is 0.0285. The quantitative estimate of drug-likeness (QED) is 0.459. The van der Waals surface area contributed by atoms with Crippen molar-refractivity contribution in [2.24, 2.45) is 0 Å². The van der Waals surface area contributed by atoms with Crippen LogP contribution in [0.4, 0.5) is 0 Å². The molecule has 0 aromatic heterocycles. The summed E-state index contributed by atoms with van der Waals surface area (Å²) in [7, 11) is 0. The van der Waals surface area contributed by atoms with Crippen LogP contribution in [0.1, 0.15) is 11.1 Å². The van der Waals surface area contributed by atoms with E-state index >= 15 is 0 Å². The zero-order chi connectivity index (χ0) is 18.2. The molecule has 3 aromatic carbocycles. The second-order valence-electron chi connectivity index (χ2n) is 5.79. The normalized spacial score (nSPS) is 10.8. The Balaban J connectivity index is 2.12. The Bertz CT molecular complexity index is 803. The Labute approximate surface area is 153 Å². The van der Waals surface area contributed by atoms with Gasteiger partial charge in [-0.2, -0.15) is 0 Å². The van der Waals surface area contributed by atoms with E-state index in [9.17, 15) is 4.79 Å². The first-order valence-corrected chi connectivity index (χ1v) is 8.39. The van der Waals surface area contributed by atoms with Gasteiger partial charge in [0.25, 0.3) is 0 Å². The van der Waals surface area contributed by atoms with Crippen LogP contribution in [0, 0.1) is 0 Å². The molecule has 0 amide bonds. The summed E-state index contributed by atoms with van der Waals surface area (Å²) in [5.74, 6) is 0.202. The zero-order valence-electron chi connectivity index (χ0n) is 14.4. The van der Waals surface area contributed by atoms with E-state index in [4.69, 9.17) is 9.47 Å². The molecule has 0 heterocycles. The number of carbonyl (C=O) groups is 1. The molecule has 0 spiro atoms. The van der Waals surface area contributed by atoms with E-state index in [-0.39, 0.29) is 6.61 Å². The van der Waals surface area contributed by atoms with E-state index in [2.05, 4.69) is 6.58 Å². The minimum Gasteiger partial charge on any atom is -0.474 e. The van der Waals surface area contributed by atoms with Crippen LogP contribution in [-0.2, 0) is 15.1 Å². The van der Waals surface area contributed by atoms with Crippen molar-refractivity contribution in [3.05, 3.63) is 115 Å². The van der Waals surface area contributed by atoms with Crippen LogP contribution in [0.3, 0.4) is 0 Å². The third-order valence-corrected chi connectivity index (χ3v) is 4.10. The van der Waals surface area contributed by atoms with E-state index in [0.717, 1.165) is 17.2 Å². The Hall–Kier alpha value is -3.33. The lowest BCUT2D eigenvalue weighted by atomic mass is 9.86. The van der Waals surface area contributed by atoms with E-state index in [1.807, 2.05) is 91.0 Å². The molecule has 0 aliphatic carbocycles. The van der Waals surface area contributed by atoms with Gasteiger partial charge in [0.1, 0.15) is 12.4 Å². The molecule has 0 atom stereocenters. The van der Waals surface area contributed by atoms with Crippen molar-refractivity contribution in [1.29, 1.82) is 0 Å². The molecule has 0 saturated heterocycles. The fourth-order valence-electron chi connectivity index (χ4n) is 2.82. The third-order valence-electron chi connectivity index (χ3n) is 4.10. The average molecular weight is 344 g/mol. The maximum Gasteiger partial charge on any atom is 0.330 e. The number of para-hydroxylation sites is 1. The van der Waals surface area contributed by atoms with Crippen LogP contribution < -0.4 is 4.74 Å². The van der Waals surface area contributed by atoms with Crippen LogP contribution in [0.25, 0.3) is 0 Å². The highest BCUT2D eigenvalue weighted by Gasteiger charge is 2.38. The molecular weight excluding hydrogens is 324 g/mol. The molecule has 0 radical (unpaired) electrons. The number of carbonyl (C=O) groups excluding carboxylic acids is 1. The molecule has 0 N–H and O–H groups in total. The number of hydrogen-bond donors (Lipinski definition) is 0. The summed E-state index contributed by atoms with van der Waals surface area (Å²) in [6, 6.07) is 29.0. The summed E-state index contributed by atoms with van der Waals surface area (Å²) in [5, 5.41) is 0. The van der Waals surface area contributed by atoms with Gasteiger partial charge in [-0.1, -0.05) is 85.4 Å². The van der Waals surface area contributed by atoms with Gasteiger partial charge in [0, 0.05) is 17.2 Å². The second-order valence-corrected chi connectivity index (χ2v) is 5.79. The highest BCUT2D eigenvalue weighted by Crippen LogP contribution is 2.35. The van der Waals surface area contributed by atoms with Crippen LogP contribution in [0.2, 0.25) is 0 Å². The van der Waals surface area contributed by atoms with Crippen molar-refractivity contribution < 1.29 is 14.3 Å². The first-order chi connectivity index (χ1) is 12.7. The molecular formula is C23H20O3. The molecule has 3 nitrogen and oxygen atoms in total. The number of rotatable bonds is 7. The molecule has 0 aliphatic rings. The number of hydrogen-bond acceptors (Lipinski definition) is 3. The molecule has 0 saturated carbocycles. The van der Waals surface area contributed by atoms with Gasteiger partial charge in [-0.05, 0) is 12.1 Å². The SMILES string of the molecule is C=CC(=O)OCC(Oc1ccccc1)(c1ccccc1)c1ccccc1. The lowest BCUT2D eigenvalue weighted by molar-refractivity contribution is -0.142. The summed E-state index contributed by atoms with van der Waals surface area (Å²) >= 11 is 0. The minimum atomic E-state index is -0.970. The first-order valence-electron chi connectivity index (χ1n) is 8.39. The molecule has 0 unspecified atom stereocenters. The van der Waals surface area contributed by atoms with Gasteiger partial charge in [-0.15, -0.1) is 0 Å². The average Bonchev–Trinajstić information content (AvgIpc) is 2.73. The van der Waals surface area contributed by atoms with E-state index in [1.54, 1.807) is 0 Å². The standard InChI is InChI=1S/C23H20O3/c1-2-22(24)25-18-23(19-12-6-3-7-13-19,20-14-8-4-9-15-20)26-21-16-10-5-11-17-21/h2-17H,1,18H2.